The van der Waals surface area contributed by atoms with Crippen molar-refractivity contribution in [1.29, 1.82) is 0 Å². The van der Waals surface area contributed by atoms with Crippen LogP contribution in [-0.2, 0) is 0 Å². The second-order valence-corrected chi connectivity index (χ2v) is 3.52. The summed E-state index contributed by atoms with van der Waals surface area (Å²) in [7, 11) is 0. The molecule has 1 N–H and O–H groups in total. The lowest BCUT2D eigenvalue weighted by Gasteiger charge is -2.12. The number of halogens is 1. The van der Waals surface area contributed by atoms with Crippen molar-refractivity contribution in [3.05, 3.63) is 34.9 Å². The van der Waals surface area contributed by atoms with Crippen LogP contribution in [-0.4, -0.2) is 6.54 Å². The van der Waals surface area contributed by atoms with Gasteiger partial charge in [-0.3, -0.25) is 5.32 Å². The zero-order valence-corrected chi connectivity index (χ0v) is 9.23. The van der Waals surface area contributed by atoms with E-state index >= 15 is 0 Å². The largest absolute Gasteiger partial charge is 0.300 e. The zero-order valence-electron chi connectivity index (χ0n) is 8.47. The fourth-order valence-corrected chi connectivity index (χ4v) is 1.39. The van der Waals surface area contributed by atoms with Gasteiger partial charge in [0.15, 0.2) is 0 Å². The van der Waals surface area contributed by atoms with Gasteiger partial charge in [0.05, 0.1) is 6.54 Å². The maximum atomic E-state index is 5.89. The maximum Gasteiger partial charge on any atom is 0.0581 e. The average Bonchev–Trinajstić information content (AvgIpc) is 2.18. The third-order valence-electron chi connectivity index (χ3n) is 2.02. The van der Waals surface area contributed by atoms with Gasteiger partial charge in [-0.2, -0.15) is 0 Å². The van der Waals surface area contributed by atoms with Crippen LogP contribution in [0.3, 0.4) is 0 Å². The molecule has 2 heteroatoms. The van der Waals surface area contributed by atoms with Crippen molar-refractivity contribution in [3.63, 3.8) is 0 Å². The highest BCUT2D eigenvalue weighted by atomic mass is 35.5. The summed E-state index contributed by atoms with van der Waals surface area (Å²) in [5.41, 5.74) is 1.19. The summed E-state index contributed by atoms with van der Waals surface area (Å²) in [5.74, 6) is 5.82. The van der Waals surface area contributed by atoms with E-state index in [4.69, 9.17) is 11.6 Å². The molecule has 1 unspecified atom stereocenters. The highest BCUT2D eigenvalue weighted by molar-refractivity contribution is 6.30. The Hall–Kier alpha value is -0.970. The van der Waals surface area contributed by atoms with E-state index < -0.39 is 0 Å². The summed E-state index contributed by atoms with van der Waals surface area (Å²) in [6, 6.07) is 8.15. The van der Waals surface area contributed by atoms with E-state index in [0.29, 0.717) is 6.54 Å². The van der Waals surface area contributed by atoms with Crippen LogP contribution < -0.4 is 5.32 Å². The van der Waals surface area contributed by atoms with Gasteiger partial charge in [-0.05, 0) is 31.5 Å². The molecule has 0 aliphatic rings. The topological polar surface area (TPSA) is 12.0 Å². The lowest BCUT2D eigenvalue weighted by Crippen LogP contribution is -2.18. The van der Waals surface area contributed by atoms with Crippen LogP contribution in [0.15, 0.2) is 24.3 Å². The predicted molar refractivity (Wildman–Crippen MR) is 61.3 cm³/mol. The van der Waals surface area contributed by atoms with Crippen molar-refractivity contribution in [2.24, 2.45) is 0 Å². The van der Waals surface area contributed by atoms with Gasteiger partial charge in [0.25, 0.3) is 0 Å². The van der Waals surface area contributed by atoms with Crippen molar-refractivity contribution in [2.75, 3.05) is 6.54 Å². The first-order chi connectivity index (χ1) is 6.74. The SMILES string of the molecule is CC#CCNC(C)c1cccc(Cl)c1. The van der Waals surface area contributed by atoms with Crippen molar-refractivity contribution < 1.29 is 0 Å². The van der Waals surface area contributed by atoms with Crippen LogP contribution in [0.4, 0.5) is 0 Å². The predicted octanol–water partition coefficient (Wildman–Crippen LogP) is 3.01. The maximum absolute atomic E-state index is 5.89. The molecule has 1 aromatic carbocycles. The van der Waals surface area contributed by atoms with Crippen molar-refractivity contribution >= 4 is 11.6 Å². The smallest absolute Gasteiger partial charge is 0.0581 e. The molecule has 0 fully saturated rings. The van der Waals surface area contributed by atoms with Gasteiger partial charge < -0.3 is 0 Å². The third-order valence-corrected chi connectivity index (χ3v) is 2.26. The molecule has 0 aliphatic heterocycles. The van der Waals surface area contributed by atoms with E-state index in [1.165, 1.54) is 5.56 Å². The molecule has 0 saturated carbocycles. The fraction of sp³-hybridized carbons (Fsp3) is 0.333. The zero-order chi connectivity index (χ0) is 10.4. The Bertz CT molecular complexity index is 349. The van der Waals surface area contributed by atoms with Gasteiger partial charge in [0.2, 0.25) is 0 Å². The quantitative estimate of drug-likeness (QED) is 0.752. The lowest BCUT2D eigenvalue weighted by molar-refractivity contribution is 0.623. The molecule has 0 aromatic heterocycles. The van der Waals surface area contributed by atoms with Gasteiger partial charge >= 0.3 is 0 Å². The van der Waals surface area contributed by atoms with Gasteiger partial charge in [-0.1, -0.05) is 29.7 Å². The summed E-state index contributed by atoms with van der Waals surface area (Å²) in [5, 5.41) is 4.07. The second-order valence-electron chi connectivity index (χ2n) is 3.08. The normalized spacial score (nSPS) is 11.6. The molecule has 1 atom stereocenters. The summed E-state index contributed by atoms with van der Waals surface area (Å²) in [6.07, 6.45) is 0. The molecular weight excluding hydrogens is 194 g/mol. The van der Waals surface area contributed by atoms with Crippen LogP contribution in [0.25, 0.3) is 0 Å². The molecule has 0 amide bonds. The average molecular weight is 208 g/mol. The first-order valence-corrected chi connectivity index (χ1v) is 5.00. The van der Waals surface area contributed by atoms with Crippen LogP contribution in [0.1, 0.15) is 25.5 Å². The Morgan fingerprint density at radius 2 is 2.29 bits per heavy atom. The summed E-state index contributed by atoms with van der Waals surface area (Å²) < 4.78 is 0. The van der Waals surface area contributed by atoms with Crippen LogP contribution in [0.2, 0.25) is 5.02 Å². The molecule has 0 spiro atoms. The Morgan fingerprint density at radius 1 is 1.50 bits per heavy atom. The van der Waals surface area contributed by atoms with E-state index in [9.17, 15) is 0 Å². The Balaban J connectivity index is 2.58. The molecule has 0 bridgehead atoms. The molecule has 1 aromatic rings. The van der Waals surface area contributed by atoms with E-state index in [1.54, 1.807) is 0 Å². The van der Waals surface area contributed by atoms with E-state index in [0.717, 1.165) is 5.02 Å². The Labute approximate surface area is 90.5 Å². The third kappa shape index (κ3) is 3.41. The number of benzene rings is 1. The Kier molecular flexibility index (Phi) is 4.52. The molecule has 1 rings (SSSR count). The summed E-state index contributed by atoms with van der Waals surface area (Å²) in [4.78, 5) is 0. The van der Waals surface area contributed by atoms with Crippen molar-refractivity contribution in [1.82, 2.24) is 5.32 Å². The van der Waals surface area contributed by atoms with Crippen molar-refractivity contribution in [2.45, 2.75) is 19.9 Å². The lowest BCUT2D eigenvalue weighted by atomic mass is 10.1. The molecular formula is C12H14ClN. The molecule has 74 valence electrons. The highest BCUT2D eigenvalue weighted by Gasteiger charge is 2.02. The first-order valence-electron chi connectivity index (χ1n) is 4.62. The summed E-state index contributed by atoms with van der Waals surface area (Å²) in [6.45, 7) is 4.65. The van der Waals surface area contributed by atoms with Gasteiger partial charge in [0.1, 0.15) is 0 Å². The summed E-state index contributed by atoms with van der Waals surface area (Å²) >= 11 is 5.89. The van der Waals surface area contributed by atoms with Crippen LogP contribution in [0, 0.1) is 11.8 Å². The first kappa shape index (κ1) is 11.1. The molecule has 14 heavy (non-hydrogen) atoms. The Morgan fingerprint density at radius 3 is 2.93 bits per heavy atom. The monoisotopic (exact) mass is 207 g/mol. The van der Waals surface area contributed by atoms with E-state index in [-0.39, 0.29) is 6.04 Å². The standard InChI is InChI=1S/C12H14ClN/c1-3-4-8-14-10(2)11-6-5-7-12(13)9-11/h5-7,9-10,14H,8H2,1-2H3. The van der Waals surface area contributed by atoms with Crippen molar-refractivity contribution in [3.8, 4) is 11.8 Å². The van der Waals surface area contributed by atoms with E-state index in [2.05, 4.69) is 30.1 Å². The number of hydrogen-bond donors (Lipinski definition) is 1. The highest BCUT2D eigenvalue weighted by Crippen LogP contribution is 2.16. The fourth-order valence-electron chi connectivity index (χ4n) is 1.19. The van der Waals surface area contributed by atoms with Gasteiger partial charge in [-0.25, -0.2) is 0 Å². The molecule has 0 saturated heterocycles. The molecule has 0 heterocycles. The number of rotatable bonds is 3. The van der Waals surface area contributed by atoms with Crippen LogP contribution >= 0.6 is 11.6 Å². The molecule has 0 radical (unpaired) electrons. The van der Waals surface area contributed by atoms with Gasteiger partial charge in [0, 0.05) is 11.1 Å². The molecule has 0 aliphatic carbocycles. The minimum Gasteiger partial charge on any atom is -0.300 e. The van der Waals surface area contributed by atoms with Gasteiger partial charge in [-0.15, -0.1) is 5.92 Å². The van der Waals surface area contributed by atoms with E-state index in [1.807, 2.05) is 25.1 Å². The number of hydrogen-bond acceptors (Lipinski definition) is 1. The minimum atomic E-state index is 0.287. The van der Waals surface area contributed by atoms with Crippen LogP contribution in [0.5, 0.6) is 0 Å². The number of nitrogens with one attached hydrogen (secondary N) is 1. The minimum absolute atomic E-state index is 0.287. The second kappa shape index (κ2) is 5.70. The molecule has 1 nitrogen and oxygen atoms in total.